The van der Waals surface area contributed by atoms with Gasteiger partial charge in [-0.25, -0.2) is 13.2 Å². The van der Waals surface area contributed by atoms with Gasteiger partial charge in [0.15, 0.2) is 6.61 Å². The van der Waals surface area contributed by atoms with E-state index in [0.29, 0.717) is 5.75 Å². The van der Waals surface area contributed by atoms with Gasteiger partial charge in [-0.15, -0.1) is 0 Å². The Morgan fingerprint density at radius 1 is 1.06 bits per heavy atom. The van der Waals surface area contributed by atoms with Crippen molar-refractivity contribution >= 4 is 16.0 Å². The Bertz CT molecular complexity index is 1010. The molecule has 0 aliphatic heterocycles. The highest BCUT2D eigenvalue weighted by Gasteiger charge is 2.32. The SMILES string of the molecule is CN(C1CCCCc2c(OCC(=O)OC(C)(C)C)cccc21)S(=O)(=O)c1ccccc1. The molecule has 0 saturated heterocycles. The third-order valence-electron chi connectivity index (χ3n) is 5.31. The molecule has 1 aliphatic rings. The van der Waals surface area contributed by atoms with Crippen LogP contribution in [0.2, 0.25) is 0 Å². The molecule has 0 N–H and O–H groups in total. The first-order chi connectivity index (χ1) is 14.6. The summed E-state index contributed by atoms with van der Waals surface area (Å²) >= 11 is 0. The maximum absolute atomic E-state index is 13.2. The largest absolute Gasteiger partial charge is 0.482 e. The Balaban J connectivity index is 1.87. The normalized spacial score (nSPS) is 17.0. The number of benzene rings is 2. The number of carbonyl (C=O) groups is 1. The highest BCUT2D eigenvalue weighted by Crippen LogP contribution is 2.39. The average Bonchev–Trinajstić information content (AvgIpc) is 2.94. The topological polar surface area (TPSA) is 72.9 Å². The number of hydrogen-bond acceptors (Lipinski definition) is 5. The van der Waals surface area contributed by atoms with Gasteiger partial charge in [0, 0.05) is 7.05 Å². The molecule has 7 heteroatoms. The number of rotatable bonds is 6. The highest BCUT2D eigenvalue weighted by atomic mass is 32.2. The Kier molecular flexibility index (Phi) is 7.06. The Hall–Kier alpha value is -2.38. The number of ether oxygens (including phenoxy) is 2. The van der Waals surface area contributed by atoms with Crippen molar-refractivity contribution in [3.8, 4) is 5.75 Å². The summed E-state index contributed by atoms with van der Waals surface area (Å²) in [6, 6.07) is 13.8. The molecule has 1 aliphatic carbocycles. The predicted octanol–water partition coefficient (Wildman–Crippen LogP) is 4.50. The molecule has 1 atom stereocenters. The second-order valence-corrected chi connectivity index (χ2v) is 10.8. The maximum Gasteiger partial charge on any atom is 0.344 e. The van der Waals surface area contributed by atoms with Crippen molar-refractivity contribution in [2.24, 2.45) is 0 Å². The molecule has 0 spiro atoms. The van der Waals surface area contributed by atoms with Gasteiger partial charge >= 0.3 is 5.97 Å². The van der Waals surface area contributed by atoms with Gasteiger partial charge < -0.3 is 9.47 Å². The van der Waals surface area contributed by atoms with E-state index in [9.17, 15) is 13.2 Å². The van der Waals surface area contributed by atoms with Gasteiger partial charge in [-0.3, -0.25) is 0 Å². The standard InChI is InChI=1S/C24H31NO5S/c1-24(2,3)30-23(26)17-29-22-16-10-14-19-20(22)13-8-9-15-21(19)25(4)31(27,28)18-11-6-5-7-12-18/h5-7,10-12,14,16,21H,8-9,13,15,17H2,1-4H3. The molecule has 0 radical (unpaired) electrons. The van der Waals surface area contributed by atoms with Crippen molar-refractivity contribution in [1.29, 1.82) is 0 Å². The van der Waals surface area contributed by atoms with Crippen molar-refractivity contribution < 1.29 is 22.7 Å². The summed E-state index contributed by atoms with van der Waals surface area (Å²) in [6.07, 6.45) is 3.33. The maximum atomic E-state index is 13.2. The van der Waals surface area contributed by atoms with Gasteiger partial charge in [-0.1, -0.05) is 36.8 Å². The lowest BCUT2D eigenvalue weighted by molar-refractivity contribution is -0.157. The summed E-state index contributed by atoms with van der Waals surface area (Å²) in [5.41, 5.74) is 1.32. The summed E-state index contributed by atoms with van der Waals surface area (Å²) in [5.74, 6) is 0.180. The van der Waals surface area contributed by atoms with Crippen LogP contribution in [0.25, 0.3) is 0 Å². The van der Waals surface area contributed by atoms with E-state index in [1.807, 2.05) is 39.0 Å². The second kappa shape index (κ2) is 9.40. The van der Waals surface area contributed by atoms with E-state index in [1.165, 1.54) is 4.31 Å². The number of carbonyl (C=O) groups excluding carboxylic acids is 1. The average molecular weight is 446 g/mol. The Morgan fingerprint density at radius 2 is 1.77 bits per heavy atom. The predicted molar refractivity (Wildman–Crippen MR) is 119 cm³/mol. The van der Waals surface area contributed by atoms with Crippen molar-refractivity contribution in [3.63, 3.8) is 0 Å². The van der Waals surface area contributed by atoms with Crippen molar-refractivity contribution in [1.82, 2.24) is 4.31 Å². The van der Waals surface area contributed by atoms with Crippen molar-refractivity contribution in [3.05, 3.63) is 59.7 Å². The van der Waals surface area contributed by atoms with Gasteiger partial charge in [0.05, 0.1) is 10.9 Å². The zero-order chi connectivity index (χ0) is 22.6. The zero-order valence-corrected chi connectivity index (χ0v) is 19.4. The van der Waals surface area contributed by atoms with E-state index in [1.54, 1.807) is 37.4 Å². The number of hydrogen-bond donors (Lipinski definition) is 0. The minimum Gasteiger partial charge on any atom is -0.482 e. The van der Waals surface area contributed by atoms with Crippen LogP contribution in [0.5, 0.6) is 5.75 Å². The minimum atomic E-state index is -3.64. The smallest absolute Gasteiger partial charge is 0.344 e. The molecule has 1 unspecified atom stereocenters. The van der Waals surface area contributed by atoms with Crippen LogP contribution in [-0.2, 0) is 26.0 Å². The third kappa shape index (κ3) is 5.66. The summed E-state index contributed by atoms with van der Waals surface area (Å²) < 4.78 is 39.1. The fourth-order valence-electron chi connectivity index (χ4n) is 3.90. The van der Waals surface area contributed by atoms with Crippen LogP contribution in [0.3, 0.4) is 0 Å². The summed E-state index contributed by atoms with van der Waals surface area (Å²) in [4.78, 5) is 12.4. The van der Waals surface area contributed by atoms with Gasteiger partial charge in [0.2, 0.25) is 10.0 Å². The summed E-state index contributed by atoms with van der Waals surface area (Å²) in [6.45, 7) is 5.25. The van der Waals surface area contributed by atoms with Gasteiger partial charge in [-0.05, 0) is 69.4 Å². The van der Waals surface area contributed by atoms with Crippen LogP contribution in [0.15, 0.2) is 53.4 Å². The molecule has 0 saturated carbocycles. The number of esters is 1. The molecular formula is C24H31NO5S. The lowest BCUT2D eigenvalue weighted by atomic mass is 9.98. The molecule has 0 fully saturated rings. The Morgan fingerprint density at radius 3 is 2.45 bits per heavy atom. The first-order valence-corrected chi connectivity index (χ1v) is 12.0. The van der Waals surface area contributed by atoms with Crippen LogP contribution in [0.1, 0.15) is 57.2 Å². The summed E-state index contributed by atoms with van der Waals surface area (Å²) in [5, 5.41) is 0. The number of fused-ring (bicyclic) bond motifs is 1. The molecule has 0 aromatic heterocycles. The molecule has 0 bridgehead atoms. The molecule has 0 amide bonds. The van der Waals surface area contributed by atoms with E-state index in [0.717, 1.165) is 36.8 Å². The minimum absolute atomic E-state index is 0.184. The first-order valence-electron chi connectivity index (χ1n) is 10.6. The quantitative estimate of drug-likeness (QED) is 0.484. The zero-order valence-electron chi connectivity index (χ0n) is 18.6. The molecular weight excluding hydrogens is 414 g/mol. The fourth-order valence-corrected chi connectivity index (χ4v) is 5.29. The van der Waals surface area contributed by atoms with E-state index in [2.05, 4.69) is 0 Å². The number of nitrogens with zero attached hydrogens (tertiary/aromatic N) is 1. The highest BCUT2D eigenvalue weighted by molar-refractivity contribution is 7.89. The monoisotopic (exact) mass is 445 g/mol. The van der Waals surface area contributed by atoms with E-state index in [-0.39, 0.29) is 17.5 Å². The van der Waals surface area contributed by atoms with E-state index in [4.69, 9.17) is 9.47 Å². The summed E-state index contributed by atoms with van der Waals surface area (Å²) in [7, 11) is -2.00. The molecule has 2 aromatic rings. The lowest BCUT2D eigenvalue weighted by Crippen LogP contribution is -2.31. The third-order valence-corrected chi connectivity index (χ3v) is 7.19. The van der Waals surface area contributed by atoms with Gasteiger partial charge in [0.25, 0.3) is 0 Å². The van der Waals surface area contributed by atoms with Crippen LogP contribution in [-0.4, -0.2) is 37.9 Å². The van der Waals surface area contributed by atoms with Gasteiger partial charge in [0.1, 0.15) is 11.4 Å². The van der Waals surface area contributed by atoms with Crippen LogP contribution in [0.4, 0.5) is 0 Å². The van der Waals surface area contributed by atoms with Crippen molar-refractivity contribution in [2.75, 3.05) is 13.7 Å². The Labute approximate surface area is 185 Å². The van der Waals surface area contributed by atoms with Crippen molar-refractivity contribution in [2.45, 2.75) is 63.0 Å². The van der Waals surface area contributed by atoms with Gasteiger partial charge in [-0.2, -0.15) is 4.31 Å². The molecule has 3 rings (SSSR count). The van der Waals surface area contributed by atoms with Crippen LogP contribution in [0, 0.1) is 0 Å². The first kappa shape index (κ1) is 23.3. The molecule has 31 heavy (non-hydrogen) atoms. The second-order valence-electron chi connectivity index (χ2n) is 8.79. The van der Waals surface area contributed by atoms with E-state index >= 15 is 0 Å². The van der Waals surface area contributed by atoms with E-state index < -0.39 is 21.6 Å². The fraction of sp³-hybridized carbons (Fsp3) is 0.458. The molecule has 0 heterocycles. The molecule has 6 nitrogen and oxygen atoms in total. The number of sulfonamides is 1. The lowest BCUT2D eigenvalue weighted by Gasteiger charge is -2.28. The molecule has 2 aromatic carbocycles. The van der Waals surface area contributed by atoms with Crippen LogP contribution >= 0.6 is 0 Å². The van der Waals surface area contributed by atoms with Crippen LogP contribution < -0.4 is 4.74 Å². The molecule has 168 valence electrons.